The van der Waals surface area contributed by atoms with Crippen LogP contribution in [0.5, 0.6) is 0 Å². The lowest BCUT2D eigenvalue weighted by Gasteiger charge is -2.36. The predicted octanol–water partition coefficient (Wildman–Crippen LogP) is 2.68. The molecule has 2 heteroatoms. The molecule has 1 N–H and O–H groups in total. The van der Waals surface area contributed by atoms with E-state index in [0.717, 1.165) is 19.3 Å². The van der Waals surface area contributed by atoms with Crippen LogP contribution < -0.4 is 0 Å². The van der Waals surface area contributed by atoms with E-state index in [4.69, 9.17) is 0 Å². The van der Waals surface area contributed by atoms with E-state index in [1.54, 1.807) is 0 Å². The Bertz CT molecular complexity index is 302. The molecule has 4 aliphatic rings. The summed E-state index contributed by atoms with van der Waals surface area (Å²) in [4.78, 5) is 11.4. The zero-order valence-electron chi connectivity index (χ0n) is 8.97. The molecule has 0 amide bonds. The molecule has 0 aliphatic heterocycles. The molecule has 0 radical (unpaired) electrons. The molecule has 78 valence electrons. The number of aliphatic carboxylic acids is 1. The summed E-state index contributed by atoms with van der Waals surface area (Å²) in [7, 11) is 0. The Morgan fingerprint density at radius 1 is 1.14 bits per heavy atom. The SMILES string of the molecule is C[C@]12CC3CC(C(=O)O)(C1)C[C@@]2(C)C3. The summed E-state index contributed by atoms with van der Waals surface area (Å²) < 4.78 is 0. The second-order valence-corrected chi connectivity index (χ2v) is 6.54. The fraction of sp³-hybridized carbons (Fsp3) is 0.917. The van der Waals surface area contributed by atoms with Crippen LogP contribution in [0, 0.1) is 22.2 Å². The minimum atomic E-state index is -0.531. The Balaban J connectivity index is 2.09. The number of carbonyl (C=O) groups is 1. The van der Waals surface area contributed by atoms with Crippen LogP contribution in [0.15, 0.2) is 0 Å². The van der Waals surface area contributed by atoms with Crippen LogP contribution >= 0.6 is 0 Å². The van der Waals surface area contributed by atoms with E-state index < -0.39 is 5.97 Å². The first-order valence-electron chi connectivity index (χ1n) is 5.63. The third kappa shape index (κ3) is 0.731. The Morgan fingerprint density at radius 2 is 1.64 bits per heavy atom. The van der Waals surface area contributed by atoms with Crippen LogP contribution in [-0.2, 0) is 4.79 Å². The van der Waals surface area contributed by atoms with Gasteiger partial charge in [0.1, 0.15) is 0 Å². The Morgan fingerprint density at radius 3 is 2.00 bits per heavy atom. The molecule has 4 fully saturated rings. The van der Waals surface area contributed by atoms with E-state index in [-0.39, 0.29) is 5.41 Å². The van der Waals surface area contributed by atoms with Crippen molar-refractivity contribution < 1.29 is 9.90 Å². The van der Waals surface area contributed by atoms with E-state index in [9.17, 15) is 9.90 Å². The van der Waals surface area contributed by atoms with Crippen molar-refractivity contribution in [3.8, 4) is 0 Å². The third-order valence-electron chi connectivity index (χ3n) is 5.53. The molecule has 0 saturated heterocycles. The molecule has 0 aromatic carbocycles. The minimum absolute atomic E-state index is 0.328. The lowest BCUT2D eigenvalue weighted by Crippen LogP contribution is -2.36. The second-order valence-electron chi connectivity index (χ2n) is 6.54. The molecule has 4 saturated carbocycles. The molecule has 2 nitrogen and oxygen atoms in total. The minimum Gasteiger partial charge on any atom is -0.481 e. The van der Waals surface area contributed by atoms with E-state index >= 15 is 0 Å². The Hall–Kier alpha value is -0.530. The van der Waals surface area contributed by atoms with Crippen LogP contribution in [-0.4, -0.2) is 11.1 Å². The lowest BCUT2D eigenvalue weighted by atomic mass is 9.67. The highest BCUT2D eigenvalue weighted by atomic mass is 16.4. The zero-order valence-corrected chi connectivity index (χ0v) is 8.97. The normalized spacial score (nSPS) is 59.4. The number of carboxylic acids is 1. The van der Waals surface area contributed by atoms with Crippen LogP contribution in [0.25, 0.3) is 0 Å². The van der Waals surface area contributed by atoms with Gasteiger partial charge in [-0.25, -0.2) is 0 Å². The molecule has 2 unspecified atom stereocenters. The lowest BCUT2D eigenvalue weighted by molar-refractivity contribution is -0.152. The molecular weight excluding hydrogens is 176 g/mol. The van der Waals surface area contributed by atoms with Gasteiger partial charge in [-0.3, -0.25) is 4.79 Å². The Labute approximate surface area is 84.7 Å². The molecule has 0 spiro atoms. The highest BCUT2D eigenvalue weighted by Crippen LogP contribution is 2.76. The summed E-state index contributed by atoms with van der Waals surface area (Å²) in [6.45, 7) is 4.63. The maximum atomic E-state index is 11.4. The second kappa shape index (κ2) is 2.02. The van der Waals surface area contributed by atoms with Gasteiger partial charge in [0.15, 0.2) is 0 Å². The van der Waals surface area contributed by atoms with Crippen molar-refractivity contribution in [1.82, 2.24) is 0 Å². The first-order chi connectivity index (χ1) is 6.39. The first kappa shape index (κ1) is 8.75. The predicted molar refractivity (Wildman–Crippen MR) is 52.9 cm³/mol. The summed E-state index contributed by atoms with van der Waals surface area (Å²) in [5, 5.41) is 9.38. The highest BCUT2D eigenvalue weighted by Gasteiger charge is 2.69. The van der Waals surface area contributed by atoms with E-state index in [2.05, 4.69) is 13.8 Å². The third-order valence-corrected chi connectivity index (χ3v) is 5.53. The van der Waals surface area contributed by atoms with Crippen molar-refractivity contribution in [3.05, 3.63) is 0 Å². The zero-order chi connectivity index (χ0) is 10.2. The molecule has 4 rings (SSSR count). The molecule has 0 aromatic rings. The average Bonchev–Trinajstić information content (AvgIpc) is 2.25. The van der Waals surface area contributed by atoms with Gasteiger partial charge in [0.05, 0.1) is 5.41 Å². The molecular formula is C12H18O2. The molecule has 4 bridgehead atoms. The van der Waals surface area contributed by atoms with Crippen molar-refractivity contribution in [3.63, 3.8) is 0 Å². The van der Waals surface area contributed by atoms with Gasteiger partial charge < -0.3 is 5.11 Å². The molecule has 4 aliphatic carbocycles. The first-order valence-corrected chi connectivity index (χ1v) is 5.63. The maximum absolute atomic E-state index is 11.4. The van der Waals surface area contributed by atoms with Gasteiger partial charge >= 0.3 is 5.97 Å². The fourth-order valence-corrected chi connectivity index (χ4v) is 5.05. The monoisotopic (exact) mass is 194 g/mol. The number of hydrogen-bond donors (Lipinski definition) is 1. The number of rotatable bonds is 1. The molecule has 4 atom stereocenters. The summed E-state index contributed by atoms with van der Waals surface area (Å²) >= 11 is 0. The smallest absolute Gasteiger partial charge is 0.309 e. The summed E-state index contributed by atoms with van der Waals surface area (Å²) in [5.74, 6) is 0.167. The van der Waals surface area contributed by atoms with Gasteiger partial charge in [0, 0.05) is 0 Å². The van der Waals surface area contributed by atoms with Gasteiger partial charge in [-0.15, -0.1) is 0 Å². The van der Waals surface area contributed by atoms with Crippen LogP contribution in [0.4, 0.5) is 0 Å². The van der Waals surface area contributed by atoms with E-state index in [1.807, 2.05) is 0 Å². The van der Waals surface area contributed by atoms with E-state index in [1.165, 1.54) is 12.8 Å². The van der Waals surface area contributed by atoms with Crippen molar-refractivity contribution in [2.24, 2.45) is 22.2 Å². The van der Waals surface area contributed by atoms with E-state index in [0.29, 0.717) is 16.7 Å². The summed E-state index contributed by atoms with van der Waals surface area (Å²) in [6, 6.07) is 0. The maximum Gasteiger partial charge on any atom is 0.309 e. The fourth-order valence-electron chi connectivity index (χ4n) is 5.05. The van der Waals surface area contributed by atoms with Crippen molar-refractivity contribution in [2.75, 3.05) is 0 Å². The van der Waals surface area contributed by atoms with Crippen LogP contribution in [0.1, 0.15) is 46.0 Å². The summed E-state index contributed by atoms with van der Waals surface area (Å²) in [6.07, 6.45) is 5.37. The van der Waals surface area contributed by atoms with Crippen molar-refractivity contribution in [2.45, 2.75) is 46.0 Å². The van der Waals surface area contributed by atoms with Gasteiger partial charge in [-0.2, -0.15) is 0 Å². The van der Waals surface area contributed by atoms with Gasteiger partial charge in [-0.1, -0.05) is 13.8 Å². The highest BCUT2D eigenvalue weighted by molar-refractivity contribution is 5.76. The average molecular weight is 194 g/mol. The molecule has 0 heterocycles. The van der Waals surface area contributed by atoms with Gasteiger partial charge in [0.2, 0.25) is 0 Å². The van der Waals surface area contributed by atoms with Gasteiger partial charge in [-0.05, 0) is 48.9 Å². The van der Waals surface area contributed by atoms with Crippen molar-refractivity contribution >= 4 is 5.97 Å². The number of hydrogen-bond acceptors (Lipinski definition) is 1. The van der Waals surface area contributed by atoms with Crippen LogP contribution in [0.2, 0.25) is 0 Å². The largest absolute Gasteiger partial charge is 0.481 e. The topological polar surface area (TPSA) is 37.3 Å². The van der Waals surface area contributed by atoms with Crippen molar-refractivity contribution in [1.29, 1.82) is 0 Å². The van der Waals surface area contributed by atoms with Gasteiger partial charge in [0.25, 0.3) is 0 Å². The number of carboxylic acid groups (broad SMARTS) is 1. The Kier molecular flexibility index (Phi) is 1.27. The molecule has 14 heavy (non-hydrogen) atoms. The quantitative estimate of drug-likeness (QED) is 0.696. The van der Waals surface area contributed by atoms with Crippen LogP contribution in [0.3, 0.4) is 0 Å². The molecule has 0 aromatic heterocycles. The summed E-state index contributed by atoms with van der Waals surface area (Å²) in [5.41, 5.74) is 0.313. The standard InChI is InChI=1S/C12H18O2/c1-10-3-8-4-11(10,2)7-12(5-8,6-10)9(13)14/h8H,3-7H2,1-2H3,(H,13,14)/t8?,10-,11+,12?.